The molecule has 2 aromatic rings. The van der Waals surface area contributed by atoms with Crippen molar-refractivity contribution < 1.29 is 9.53 Å². The quantitative estimate of drug-likeness (QED) is 0.796. The topological polar surface area (TPSA) is 39.2 Å². The SMILES string of the molecule is O=COCC(c1cccc(Br)c1)c1cscn1. The fourth-order valence-corrected chi connectivity index (χ4v) is 2.63. The fraction of sp³-hybridized carbons (Fsp3) is 0.167. The molecule has 0 radical (unpaired) electrons. The molecule has 1 heterocycles. The largest absolute Gasteiger partial charge is 0.467 e. The number of rotatable bonds is 5. The monoisotopic (exact) mass is 311 g/mol. The van der Waals surface area contributed by atoms with Gasteiger partial charge in [0.2, 0.25) is 0 Å². The zero-order valence-corrected chi connectivity index (χ0v) is 11.3. The molecule has 0 bridgehead atoms. The molecule has 1 aromatic carbocycles. The van der Waals surface area contributed by atoms with Gasteiger partial charge in [0, 0.05) is 9.85 Å². The lowest BCUT2D eigenvalue weighted by Gasteiger charge is -2.14. The summed E-state index contributed by atoms with van der Waals surface area (Å²) in [4.78, 5) is 14.6. The molecule has 1 unspecified atom stereocenters. The molecule has 1 atom stereocenters. The van der Waals surface area contributed by atoms with Crippen molar-refractivity contribution in [2.75, 3.05) is 6.61 Å². The summed E-state index contributed by atoms with van der Waals surface area (Å²) in [7, 11) is 0. The molecular weight excluding hydrogens is 302 g/mol. The Morgan fingerprint density at radius 3 is 3.06 bits per heavy atom. The van der Waals surface area contributed by atoms with Gasteiger partial charge in [-0.15, -0.1) is 11.3 Å². The third kappa shape index (κ3) is 3.14. The average molecular weight is 312 g/mol. The van der Waals surface area contributed by atoms with E-state index < -0.39 is 0 Å². The molecule has 0 saturated carbocycles. The molecule has 0 aliphatic heterocycles. The Kier molecular flexibility index (Phi) is 4.28. The smallest absolute Gasteiger partial charge is 0.293 e. The van der Waals surface area contributed by atoms with Gasteiger partial charge in [0.05, 0.1) is 17.1 Å². The molecule has 3 nitrogen and oxygen atoms in total. The first-order chi connectivity index (χ1) is 8.31. The number of aromatic nitrogens is 1. The van der Waals surface area contributed by atoms with Crippen molar-refractivity contribution in [2.45, 2.75) is 5.92 Å². The summed E-state index contributed by atoms with van der Waals surface area (Å²) < 4.78 is 5.88. The maximum atomic E-state index is 10.3. The first-order valence-electron chi connectivity index (χ1n) is 5.00. The molecular formula is C12H10BrNO2S. The van der Waals surface area contributed by atoms with Gasteiger partial charge in [-0.3, -0.25) is 4.79 Å². The summed E-state index contributed by atoms with van der Waals surface area (Å²) in [6.45, 7) is 0.779. The van der Waals surface area contributed by atoms with Gasteiger partial charge in [-0.2, -0.15) is 0 Å². The Hall–Kier alpha value is -1.20. The van der Waals surface area contributed by atoms with Crippen LogP contribution in [0, 0.1) is 0 Å². The van der Waals surface area contributed by atoms with E-state index in [-0.39, 0.29) is 5.92 Å². The number of nitrogens with zero attached hydrogens (tertiary/aromatic N) is 1. The van der Waals surface area contributed by atoms with Crippen molar-refractivity contribution in [3.8, 4) is 0 Å². The van der Waals surface area contributed by atoms with Crippen LogP contribution < -0.4 is 0 Å². The van der Waals surface area contributed by atoms with Crippen molar-refractivity contribution >= 4 is 33.7 Å². The lowest BCUT2D eigenvalue weighted by molar-refractivity contribution is -0.128. The third-order valence-corrected chi connectivity index (χ3v) is 3.49. The van der Waals surface area contributed by atoms with Crippen LogP contribution in [0.4, 0.5) is 0 Å². The standard InChI is InChI=1S/C12H10BrNO2S/c13-10-3-1-2-9(4-10)11(5-16-8-15)12-6-17-7-14-12/h1-4,6-8,11H,5H2. The molecule has 17 heavy (non-hydrogen) atoms. The third-order valence-electron chi connectivity index (χ3n) is 2.39. The highest BCUT2D eigenvalue weighted by molar-refractivity contribution is 9.10. The van der Waals surface area contributed by atoms with E-state index in [1.54, 1.807) is 5.51 Å². The molecule has 0 fully saturated rings. The number of thiazole rings is 1. The number of carbonyl (C=O) groups is 1. The van der Waals surface area contributed by atoms with Gasteiger partial charge in [-0.05, 0) is 17.7 Å². The van der Waals surface area contributed by atoms with Crippen molar-refractivity contribution in [2.24, 2.45) is 0 Å². The highest BCUT2D eigenvalue weighted by atomic mass is 79.9. The van der Waals surface area contributed by atoms with Crippen LogP contribution >= 0.6 is 27.3 Å². The molecule has 1 aromatic heterocycles. The van der Waals surface area contributed by atoms with E-state index in [2.05, 4.69) is 20.9 Å². The second kappa shape index (κ2) is 5.93. The minimum Gasteiger partial charge on any atom is -0.467 e. The molecule has 2 rings (SSSR count). The normalized spacial score (nSPS) is 12.1. The van der Waals surface area contributed by atoms with Gasteiger partial charge < -0.3 is 4.74 Å². The summed E-state index contributed by atoms with van der Waals surface area (Å²) in [6, 6.07) is 7.93. The molecule has 0 spiro atoms. The Labute approximate surface area is 112 Å². The predicted molar refractivity (Wildman–Crippen MR) is 70.1 cm³/mol. The van der Waals surface area contributed by atoms with Gasteiger partial charge in [0.25, 0.3) is 6.47 Å². The van der Waals surface area contributed by atoms with E-state index in [0.717, 1.165) is 15.7 Å². The first kappa shape index (κ1) is 12.3. The molecule has 5 heteroatoms. The van der Waals surface area contributed by atoms with E-state index in [4.69, 9.17) is 4.74 Å². The highest BCUT2D eigenvalue weighted by Crippen LogP contribution is 2.26. The van der Waals surface area contributed by atoms with Gasteiger partial charge >= 0.3 is 0 Å². The van der Waals surface area contributed by atoms with Crippen LogP contribution in [0.1, 0.15) is 17.2 Å². The van der Waals surface area contributed by atoms with Crippen molar-refractivity contribution in [3.63, 3.8) is 0 Å². The molecule has 88 valence electrons. The lowest BCUT2D eigenvalue weighted by Crippen LogP contribution is -2.09. The van der Waals surface area contributed by atoms with Crippen LogP contribution in [0.15, 0.2) is 39.6 Å². The van der Waals surface area contributed by atoms with E-state index in [1.165, 1.54) is 11.3 Å². The summed E-state index contributed by atoms with van der Waals surface area (Å²) in [5, 5.41) is 1.97. The molecule has 0 aliphatic carbocycles. The van der Waals surface area contributed by atoms with Crippen molar-refractivity contribution in [3.05, 3.63) is 50.9 Å². The number of hydrogen-bond donors (Lipinski definition) is 0. The van der Waals surface area contributed by atoms with Crippen LogP contribution in [0.3, 0.4) is 0 Å². The molecule has 0 N–H and O–H groups in total. The van der Waals surface area contributed by atoms with E-state index in [0.29, 0.717) is 13.1 Å². The highest BCUT2D eigenvalue weighted by Gasteiger charge is 2.17. The van der Waals surface area contributed by atoms with Crippen LogP contribution in [0.2, 0.25) is 0 Å². The number of benzene rings is 1. The maximum Gasteiger partial charge on any atom is 0.293 e. The molecule has 0 amide bonds. The minimum atomic E-state index is -0.0102. The van der Waals surface area contributed by atoms with Crippen molar-refractivity contribution in [1.29, 1.82) is 0 Å². The van der Waals surface area contributed by atoms with Crippen LogP contribution in [-0.2, 0) is 9.53 Å². The minimum absolute atomic E-state index is 0.0102. The lowest BCUT2D eigenvalue weighted by atomic mass is 9.97. The van der Waals surface area contributed by atoms with Crippen LogP contribution in [0.5, 0.6) is 0 Å². The average Bonchev–Trinajstić information content (AvgIpc) is 2.83. The van der Waals surface area contributed by atoms with E-state index >= 15 is 0 Å². The zero-order chi connectivity index (χ0) is 12.1. The molecule has 0 saturated heterocycles. The Morgan fingerprint density at radius 2 is 2.41 bits per heavy atom. The van der Waals surface area contributed by atoms with Gasteiger partial charge in [-0.25, -0.2) is 4.98 Å². The van der Waals surface area contributed by atoms with E-state index in [9.17, 15) is 4.79 Å². The fourth-order valence-electron chi connectivity index (χ4n) is 1.61. The van der Waals surface area contributed by atoms with Gasteiger partial charge in [0.1, 0.15) is 6.61 Å². The summed E-state index contributed by atoms with van der Waals surface area (Å²) >= 11 is 4.97. The Bertz CT molecular complexity index is 487. The Morgan fingerprint density at radius 1 is 1.53 bits per heavy atom. The maximum absolute atomic E-state index is 10.3. The number of hydrogen-bond acceptors (Lipinski definition) is 4. The first-order valence-corrected chi connectivity index (χ1v) is 6.73. The summed E-state index contributed by atoms with van der Waals surface area (Å²) in [5.74, 6) is -0.0102. The van der Waals surface area contributed by atoms with Gasteiger partial charge in [0.15, 0.2) is 0 Å². The van der Waals surface area contributed by atoms with Gasteiger partial charge in [-0.1, -0.05) is 28.1 Å². The van der Waals surface area contributed by atoms with Crippen molar-refractivity contribution in [1.82, 2.24) is 4.98 Å². The predicted octanol–water partition coefficient (Wildman–Crippen LogP) is 3.21. The van der Waals surface area contributed by atoms with Crippen LogP contribution in [0.25, 0.3) is 0 Å². The second-order valence-electron chi connectivity index (χ2n) is 3.45. The molecule has 0 aliphatic rings. The number of halogens is 1. The second-order valence-corrected chi connectivity index (χ2v) is 5.08. The summed E-state index contributed by atoms with van der Waals surface area (Å²) in [6.07, 6.45) is 0. The summed E-state index contributed by atoms with van der Waals surface area (Å²) in [5.41, 5.74) is 3.78. The van der Waals surface area contributed by atoms with E-state index in [1.807, 2.05) is 29.6 Å². The Balaban J connectivity index is 2.29. The zero-order valence-electron chi connectivity index (χ0n) is 8.88. The number of ether oxygens (including phenoxy) is 1. The number of carbonyl (C=O) groups excluding carboxylic acids is 1. The van der Waals surface area contributed by atoms with Crippen LogP contribution in [-0.4, -0.2) is 18.1 Å².